The molecule has 1 fully saturated rings. The lowest BCUT2D eigenvalue weighted by molar-refractivity contribution is 0.170. The topological polar surface area (TPSA) is 29.3 Å². The molecule has 2 N–H and O–H groups in total. The van der Waals surface area contributed by atoms with E-state index in [4.69, 9.17) is 17.3 Å². The van der Waals surface area contributed by atoms with E-state index in [9.17, 15) is 4.39 Å². The summed E-state index contributed by atoms with van der Waals surface area (Å²) in [6, 6.07) is 14.9. The Hall–Kier alpha value is -1.42. The maximum Gasteiger partial charge on any atom is 0.123 e. The van der Waals surface area contributed by atoms with Gasteiger partial charge in [0.1, 0.15) is 5.82 Å². The minimum absolute atomic E-state index is 0.182. The first kappa shape index (κ1) is 19.3. The molecule has 0 bridgehead atoms. The van der Waals surface area contributed by atoms with E-state index >= 15 is 0 Å². The summed E-state index contributed by atoms with van der Waals surface area (Å²) in [4.78, 5) is 2.48. The number of nitrogens with two attached hydrogens (primary N) is 1. The van der Waals surface area contributed by atoms with Crippen molar-refractivity contribution in [2.45, 2.75) is 38.8 Å². The first-order chi connectivity index (χ1) is 12.6. The number of hydrogen-bond donors (Lipinski definition) is 1. The third kappa shape index (κ3) is 5.80. The van der Waals surface area contributed by atoms with Crippen LogP contribution in [0.15, 0.2) is 48.5 Å². The van der Waals surface area contributed by atoms with Crippen LogP contribution in [0.2, 0.25) is 5.02 Å². The summed E-state index contributed by atoms with van der Waals surface area (Å²) in [7, 11) is 0. The molecular weight excluding hydrogens is 347 g/mol. The molecule has 1 aliphatic rings. The first-order valence-electron chi connectivity index (χ1n) is 9.53. The lowest BCUT2D eigenvalue weighted by atomic mass is 9.82. The van der Waals surface area contributed by atoms with Gasteiger partial charge in [0.15, 0.2) is 0 Å². The number of benzene rings is 2. The van der Waals surface area contributed by atoms with Crippen LogP contribution >= 0.6 is 11.6 Å². The van der Waals surface area contributed by atoms with Gasteiger partial charge in [-0.25, -0.2) is 4.39 Å². The van der Waals surface area contributed by atoms with Crippen molar-refractivity contribution in [1.82, 2.24) is 4.90 Å². The Morgan fingerprint density at radius 3 is 1.88 bits per heavy atom. The van der Waals surface area contributed by atoms with Crippen molar-refractivity contribution in [3.8, 4) is 0 Å². The largest absolute Gasteiger partial charge is 0.330 e. The van der Waals surface area contributed by atoms with Gasteiger partial charge in [0.05, 0.1) is 0 Å². The summed E-state index contributed by atoms with van der Waals surface area (Å²) < 4.78 is 13.2. The Morgan fingerprint density at radius 2 is 1.35 bits per heavy atom. The molecule has 0 unspecified atom stereocenters. The SMILES string of the molecule is NCC1CCC(CN(Cc2ccc(F)cc2)Cc2ccc(Cl)cc2)CC1. The van der Waals surface area contributed by atoms with Gasteiger partial charge in [0.25, 0.3) is 0 Å². The van der Waals surface area contributed by atoms with E-state index in [0.717, 1.165) is 36.8 Å². The van der Waals surface area contributed by atoms with Gasteiger partial charge in [-0.2, -0.15) is 0 Å². The number of nitrogens with zero attached hydrogens (tertiary/aromatic N) is 1. The lowest BCUT2D eigenvalue weighted by Crippen LogP contribution is -2.32. The standard InChI is InChI=1S/C22H28ClFN2/c23-21-9-5-19(6-10-21)15-26(16-20-7-11-22(24)12-8-20)14-18-3-1-17(13-25)2-4-18/h5-12,17-18H,1-4,13-16,25H2. The molecule has 0 atom stereocenters. The third-order valence-corrected chi connectivity index (χ3v) is 5.71. The predicted octanol–water partition coefficient (Wildman–Crippen LogP) is 5.25. The lowest BCUT2D eigenvalue weighted by Gasteiger charge is -2.32. The third-order valence-electron chi connectivity index (χ3n) is 5.45. The second-order valence-corrected chi connectivity index (χ2v) is 7.98. The molecule has 140 valence electrons. The van der Waals surface area contributed by atoms with Gasteiger partial charge >= 0.3 is 0 Å². The first-order valence-corrected chi connectivity index (χ1v) is 9.91. The van der Waals surface area contributed by atoms with Crippen LogP contribution in [-0.4, -0.2) is 18.0 Å². The highest BCUT2D eigenvalue weighted by Crippen LogP contribution is 2.29. The maximum atomic E-state index is 13.2. The zero-order valence-corrected chi connectivity index (χ0v) is 16.0. The summed E-state index contributed by atoms with van der Waals surface area (Å²) in [6.45, 7) is 3.60. The zero-order chi connectivity index (χ0) is 18.4. The van der Waals surface area contributed by atoms with Crippen LogP contribution in [-0.2, 0) is 13.1 Å². The molecule has 1 aliphatic carbocycles. The summed E-state index contributed by atoms with van der Waals surface area (Å²) in [5.41, 5.74) is 8.23. The Balaban J connectivity index is 1.66. The second-order valence-electron chi connectivity index (χ2n) is 7.55. The number of halogens is 2. The molecule has 26 heavy (non-hydrogen) atoms. The smallest absolute Gasteiger partial charge is 0.123 e. The van der Waals surface area contributed by atoms with Crippen LogP contribution < -0.4 is 5.73 Å². The van der Waals surface area contributed by atoms with Gasteiger partial charge < -0.3 is 5.73 Å². The quantitative estimate of drug-likeness (QED) is 0.717. The molecule has 0 spiro atoms. The van der Waals surface area contributed by atoms with Gasteiger partial charge in [-0.15, -0.1) is 0 Å². The minimum atomic E-state index is -0.182. The molecule has 0 heterocycles. The highest BCUT2D eigenvalue weighted by molar-refractivity contribution is 6.30. The highest BCUT2D eigenvalue weighted by Gasteiger charge is 2.22. The fourth-order valence-corrected chi connectivity index (χ4v) is 4.02. The van der Waals surface area contributed by atoms with Crippen LogP contribution in [0.4, 0.5) is 4.39 Å². The van der Waals surface area contributed by atoms with Crippen molar-refractivity contribution in [1.29, 1.82) is 0 Å². The van der Waals surface area contributed by atoms with Crippen molar-refractivity contribution in [3.63, 3.8) is 0 Å². The summed E-state index contributed by atoms with van der Waals surface area (Å²) >= 11 is 6.02. The van der Waals surface area contributed by atoms with Crippen molar-refractivity contribution in [3.05, 3.63) is 70.5 Å². The molecule has 4 heteroatoms. The van der Waals surface area contributed by atoms with E-state index in [2.05, 4.69) is 17.0 Å². The van der Waals surface area contributed by atoms with Gasteiger partial charge in [0.2, 0.25) is 0 Å². The van der Waals surface area contributed by atoms with Crippen molar-refractivity contribution < 1.29 is 4.39 Å². The normalized spacial score (nSPS) is 20.5. The fourth-order valence-electron chi connectivity index (χ4n) is 3.90. The molecule has 0 aliphatic heterocycles. The van der Waals surface area contributed by atoms with Gasteiger partial charge in [-0.3, -0.25) is 4.90 Å². The summed E-state index contributed by atoms with van der Waals surface area (Å²) in [6.07, 6.45) is 4.99. The van der Waals surface area contributed by atoms with Crippen molar-refractivity contribution in [2.24, 2.45) is 17.6 Å². The number of hydrogen-bond acceptors (Lipinski definition) is 2. The van der Waals surface area contributed by atoms with E-state index in [1.165, 1.54) is 31.2 Å². The molecule has 0 aromatic heterocycles. The van der Waals surface area contributed by atoms with Gasteiger partial charge in [0, 0.05) is 24.7 Å². The van der Waals surface area contributed by atoms with E-state index in [0.29, 0.717) is 11.8 Å². The van der Waals surface area contributed by atoms with E-state index < -0.39 is 0 Å². The van der Waals surface area contributed by atoms with E-state index in [-0.39, 0.29) is 5.82 Å². The molecule has 0 saturated heterocycles. The average Bonchev–Trinajstić information content (AvgIpc) is 2.66. The van der Waals surface area contributed by atoms with Crippen molar-refractivity contribution >= 4 is 11.6 Å². The molecular formula is C22H28ClFN2. The van der Waals surface area contributed by atoms with E-state index in [1.807, 2.05) is 24.3 Å². The zero-order valence-electron chi connectivity index (χ0n) is 15.2. The minimum Gasteiger partial charge on any atom is -0.330 e. The number of rotatable bonds is 7. The molecule has 2 nitrogen and oxygen atoms in total. The highest BCUT2D eigenvalue weighted by atomic mass is 35.5. The molecule has 3 rings (SSSR count). The van der Waals surface area contributed by atoms with Crippen LogP contribution in [0.3, 0.4) is 0 Å². The summed E-state index contributed by atoms with van der Waals surface area (Å²) in [5, 5.41) is 0.763. The Morgan fingerprint density at radius 1 is 0.846 bits per heavy atom. The van der Waals surface area contributed by atoms with Crippen molar-refractivity contribution in [2.75, 3.05) is 13.1 Å². The monoisotopic (exact) mass is 374 g/mol. The Kier molecular flexibility index (Phi) is 7.07. The predicted molar refractivity (Wildman–Crippen MR) is 106 cm³/mol. The molecule has 0 radical (unpaired) electrons. The van der Waals surface area contributed by atoms with Gasteiger partial charge in [-0.1, -0.05) is 35.9 Å². The fraction of sp³-hybridized carbons (Fsp3) is 0.455. The van der Waals surface area contributed by atoms with Crippen LogP contribution in [0.5, 0.6) is 0 Å². The molecule has 2 aromatic carbocycles. The Labute approximate surface area is 161 Å². The molecule has 1 saturated carbocycles. The molecule has 2 aromatic rings. The maximum absolute atomic E-state index is 13.2. The molecule has 0 amide bonds. The summed E-state index contributed by atoms with van der Waals surface area (Å²) in [5.74, 6) is 1.23. The van der Waals surface area contributed by atoms with Crippen LogP contribution in [0.25, 0.3) is 0 Å². The Bertz CT molecular complexity index is 616. The average molecular weight is 375 g/mol. The van der Waals surface area contributed by atoms with Gasteiger partial charge in [-0.05, 0) is 79.5 Å². The van der Waals surface area contributed by atoms with E-state index in [1.54, 1.807) is 12.1 Å². The van der Waals surface area contributed by atoms with Crippen LogP contribution in [0, 0.1) is 17.7 Å². The van der Waals surface area contributed by atoms with Crippen LogP contribution in [0.1, 0.15) is 36.8 Å². The second kappa shape index (κ2) is 9.50.